The van der Waals surface area contributed by atoms with E-state index in [-0.39, 0.29) is 10.5 Å². The van der Waals surface area contributed by atoms with Gasteiger partial charge in [0.15, 0.2) is 0 Å². The number of aryl methyl sites for hydroxylation is 1. The van der Waals surface area contributed by atoms with E-state index in [0.29, 0.717) is 49.0 Å². The van der Waals surface area contributed by atoms with E-state index in [1.54, 1.807) is 36.4 Å². The molecule has 0 atom stereocenters. The fourth-order valence-corrected chi connectivity index (χ4v) is 4.84. The van der Waals surface area contributed by atoms with Gasteiger partial charge in [-0.15, -0.1) is 0 Å². The molecular weight excluding hydrogens is 388 g/mol. The summed E-state index contributed by atoms with van der Waals surface area (Å²) < 4.78 is 32.8. The summed E-state index contributed by atoms with van der Waals surface area (Å²) in [6, 6.07) is 11.6. The second-order valence-corrected chi connectivity index (χ2v) is 8.50. The first kappa shape index (κ1) is 19.8. The van der Waals surface area contributed by atoms with Crippen LogP contribution in [0, 0.1) is 0 Å². The van der Waals surface area contributed by atoms with Crippen molar-refractivity contribution in [2.75, 3.05) is 31.6 Å². The van der Waals surface area contributed by atoms with Crippen LogP contribution in [-0.4, -0.2) is 44.9 Å². The van der Waals surface area contributed by atoms with Crippen molar-refractivity contribution < 1.29 is 17.9 Å². The Kier molecular flexibility index (Phi) is 6.16. The number of morpholine rings is 1. The van der Waals surface area contributed by atoms with Gasteiger partial charge >= 0.3 is 0 Å². The zero-order valence-electron chi connectivity index (χ0n) is 14.9. The van der Waals surface area contributed by atoms with Gasteiger partial charge in [0.25, 0.3) is 5.91 Å². The second kappa shape index (κ2) is 8.39. The number of sulfonamides is 1. The number of ether oxygens (including phenoxy) is 1. The van der Waals surface area contributed by atoms with Crippen molar-refractivity contribution in [2.24, 2.45) is 0 Å². The molecule has 1 saturated heterocycles. The molecule has 0 radical (unpaired) electrons. The summed E-state index contributed by atoms with van der Waals surface area (Å²) in [5.74, 6) is -0.390. The number of rotatable bonds is 5. The van der Waals surface area contributed by atoms with Gasteiger partial charge in [-0.25, -0.2) is 8.42 Å². The normalized spacial score (nSPS) is 15.5. The lowest BCUT2D eigenvalue weighted by molar-refractivity contribution is 0.0730. The highest BCUT2D eigenvalue weighted by atomic mass is 35.5. The van der Waals surface area contributed by atoms with Crippen molar-refractivity contribution in [2.45, 2.75) is 18.2 Å². The molecule has 6 nitrogen and oxygen atoms in total. The molecule has 0 saturated carbocycles. The van der Waals surface area contributed by atoms with Gasteiger partial charge in [0.05, 0.1) is 18.1 Å². The van der Waals surface area contributed by atoms with Crippen LogP contribution < -0.4 is 5.32 Å². The lowest BCUT2D eigenvalue weighted by Gasteiger charge is -2.27. The van der Waals surface area contributed by atoms with Crippen molar-refractivity contribution in [1.82, 2.24) is 4.31 Å². The molecule has 0 unspecified atom stereocenters. The summed E-state index contributed by atoms with van der Waals surface area (Å²) in [5, 5.41) is 3.25. The minimum absolute atomic E-state index is 0.172. The Morgan fingerprint density at radius 3 is 2.59 bits per heavy atom. The highest BCUT2D eigenvalue weighted by Crippen LogP contribution is 2.24. The Bertz CT molecular complexity index is 940. The summed E-state index contributed by atoms with van der Waals surface area (Å²) >= 11 is 5.94. The maximum Gasteiger partial charge on any atom is 0.255 e. The maximum atomic E-state index is 13.1. The molecule has 3 rings (SSSR count). The topological polar surface area (TPSA) is 75.7 Å². The van der Waals surface area contributed by atoms with Crippen LogP contribution >= 0.6 is 11.6 Å². The quantitative estimate of drug-likeness (QED) is 0.824. The van der Waals surface area contributed by atoms with Gasteiger partial charge in [0.1, 0.15) is 0 Å². The third-order valence-corrected chi connectivity index (χ3v) is 6.60. The average molecular weight is 409 g/mol. The Hall–Kier alpha value is -1.93. The number of anilines is 1. The Labute approximate surface area is 164 Å². The smallest absolute Gasteiger partial charge is 0.255 e. The molecule has 27 heavy (non-hydrogen) atoms. The standard InChI is InChI=1S/C19H21ClN2O4S/c1-2-14-6-7-15(19(23)21-17-5-3-4-16(20)13-17)12-18(14)27(24,25)22-8-10-26-11-9-22/h3-7,12-13H,2,8-11H2,1H3,(H,21,23). The van der Waals surface area contributed by atoms with E-state index in [9.17, 15) is 13.2 Å². The van der Waals surface area contributed by atoms with Crippen molar-refractivity contribution in [3.63, 3.8) is 0 Å². The molecule has 1 amide bonds. The lowest BCUT2D eigenvalue weighted by Crippen LogP contribution is -2.41. The molecule has 8 heteroatoms. The van der Waals surface area contributed by atoms with Crippen molar-refractivity contribution in [3.8, 4) is 0 Å². The Balaban J connectivity index is 1.92. The zero-order valence-corrected chi connectivity index (χ0v) is 16.5. The summed E-state index contributed by atoms with van der Waals surface area (Å²) in [7, 11) is -3.69. The van der Waals surface area contributed by atoms with Crippen LogP contribution in [0.3, 0.4) is 0 Å². The minimum Gasteiger partial charge on any atom is -0.379 e. The first-order chi connectivity index (χ1) is 12.9. The van der Waals surface area contributed by atoms with E-state index in [2.05, 4.69) is 5.32 Å². The van der Waals surface area contributed by atoms with Gasteiger partial charge in [0, 0.05) is 29.4 Å². The molecule has 0 spiro atoms. The molecule has 0 aromatic heterocycles. The SMILES string of the molecule is CCc1ccc(C(=O)Nc2cccc(Cl)c2)cc1S(=O)(=O)N1CCOCC1. The van der Waals surface area contributed by atoms with Crippen LogP contribution in [0.5, 0.6) is 0 Å². The van der Waals surface area contributed by atoms with Crippen molar-refractivity contribution in [1.29, 1.82) is 0 Å². The highest BCUT2D eigenvalue weighted by molar-refractivity contribution is 7.89. The summed E-state index contributed by atoms with van der Waals surface area (Å²) in [6.07, 6.45) is 0.551. The van der Waals surface area contributed by atoms with E-state index in [4.69, 9.17) is 16.3 Å². The molecule has 0 bridgehead atoms. The first-order valence-corrected chi connectivity index (χ1v) is 10.5. The number of benzene rings is 2. The van der Waals surface area contributed by atoms with Crippen LogP contribution in [0.4, 0.5) is 5.69 Å². The van der Waals surface area contributed by atoms with Crippen molar-refractivity contribution in [3.05, 3.63) is 58.6 Å². The monoisotopic (exact) mass is 408 g/mol. The van der Waals surface area contributed by atoms with Crippen LogP contribution in [0.2, 0.25) is 5.02 Å². The van der Waals surface area contributed by atoms with Gasteiger partial charge in [-0.2, -0.15) is 4.31 Å². The molecule has 1 N–H and O–H groups in total. The fraction of sp³-hybridized carbons (Fsp3) is 0.316. The van der Waals surface area contributed by atoms with Gasteiger partial charge in [-0.1, -0.05) is 30.7 Å². The van der Waals surface area contributed by atoms with Gasteiger partial charge in [-0.3, -0.25) is 4.79 Å². The number of carbonyl (C=O) groups excluding carboxylic acids is 1. The number of hydrogen-bond donors (Lipinski definition) is 1. The predicted octanol–water partition coefficient (Wildman–Crippen LogP) is 3.18. The van der Waals surface area contributed by atoms with E-state index in [0.717, 1.165) is 0 Å². The number of nitrogens with zero attached hydrogens (tertiary/aromatic N) is 1. The predicted molar refractivity (Wildman–Crippen MR) is 105 cm³/mol. The van der Waals surface area contributed by atoms with Gasteiger partial charge < -0.3 is 10.1 Å². The Morgan fingerprint density at radius 1 is 1.19 bits per heavy atom. The third kappa shape index (κ3) is 4.50. The average Bonchev–Trinajstić information content (AvgIpc) is 2.68. The van der Waals surface area contributed by atoms with Gasteiger partial charge in [0.2, 0.25) is 10.0 Å². The van der Waals surface area contributed by atoms with Gasteiger partial charge in [-0.05, 0) is 42.3 Å². The molecule has 1 fully saturated rings. The highest BCUT2D eigenvalue weighted by Gasteiger charge is 2.29. The largest absolute Gasteiger partial charge is 0.379 e. The van der Waals surface area contributed by atoms with E-state index in [1.165, 1.54) is 10.4 Å². The maximum absolute atomic E-state index is 13.1. The number of carbonyl (C=O) groups is 1. The molecule has 2 aromatic rings. The molecule has 1 aliphatic rings. The second-order valence-electron chi connectivity index (χ2n) is 6.16. The molecule has 1 heterocycles. The minimum atomic E-state index is -3.69. The van der Waals surface area contributed by atoms with Crippen LogP contribution in [0.15, 0.2) is 47.4 Å². The van der Waals surface area contributed by atoms with E-state index >= 15 is 0 Å². The van der Waals surface area contributed by atoms with Crippen LogP contribution in [0.25, 0.3) is 0 Å². The van der Waals surface area contributed by atoms with E-state index < -0.39 is 15.9 Å². The molecule has 144 valence electrons. The third-order valence-electron chi connectivity index (χ3n) is 4.38. The molecule has 1 aliphatic heterocycles. The lowest BCUT2D eigenvalue weighted by atomic mass is 10.1. The summed E-state index contributed by atoms with van der Waals surface area (Å²) in [6.45, 7) is 3.25. The fourth-order valence-electron chi connectivity index (χ4n) is 2.92. The van der Waals surface area contributed by atoms with Crippen LogP contribution in [0.1, 0.15) is 22.8 Å². The molecular formula is C19H21ClN2O4S. The number of nitrogens with one attached hydrogen (secondary N) is 1. The summed E-state index contributed by atoms with van der Waals surface area (Å²) in [4.78, 5) is 12.8. The number of hydrogen-bond acceptors (Lipinski definition) is 4. The molecule has 0 aliphatic carbocycles. The van der Waals surface area contributed by atoms with Crippen LogP contribution in [-0.2, 0) is 21.2 Å². The number of amides is 1. The van der Waals surface area contributed by atoms with Crippen molar-refractivity contribution >= 4 is 33.2 Å². The molecule has 2 aromatic carbocycles. The Morgan fingerprint density at radius 2 is 1.93 bits per heavy atom. The number of halogens is 1. The zero-order chi connectivity index (χ0) is 19.4. The van der Waals surface area contributed by atoms with E-state index in [1.807, 2.05) is 6.92 Å². The first-order valence-electron chi connectivity index (χ1n) is 8.69. The summed E-state index contributed by atoms with van der Waals surface area (Å²) in [5.41, 5.74) is 1.50.